The zero-order chi connectivity index (χ0) is 13.0. The van der Waals surface area contributed by atoms with E-state index in [9.17, 15) is 14.5 Å². The molecule has 0 radical (unpaired) electrons. The minimum absolute atomic E-state index is 0.232. The quantitative estimate of drug-likeness (QED) is 0.662. The molecule has 0 amide bonds. The van der Waals surface area contributed by atoms with Crippen molar-refractivity contribution in [3.8, 4) is 0 Å². The molecule has 1 saturated heterocycles. The van der Waals surface area contributed by atoms with Crippen LogP contribution < -0.4 is 5.32 Å². The fourth-order valence-electron chi connectivity index (χ4n) is 1.97. The normalized spacial score (nSPS) is 16.5. The Morgan fingerprint density at radius 3 is 2.78 bits per heavy atom. The number of nitrogens with zero attached hydrogens (tertiary/aromatic N) is 1. The van der Waals surface area contributed by atoms with Gasteiger partial charge < -0.3 is 10.1 Å². The molecule has 0 aromatic heterocycles. The maximum atomic E-state index is 13.6. The van der Waals surface area contributed by atoms with E-state index in [0.29, 0.717) is 18.2 Å². The van der Waals surface area contributed by atoms with Gasteiger partial charge in [-0.1, -0.05) is 0 Å². The molecule has 1 aliphatic heterocycles. The highest BCUT2D eigenvalue weighted by Gasteiger charge is 2.15. The summed E-state index contributed by atoms with van der Waals surface area (Å²) in [6.45, 7) is 2.16. The molecule has 1 N–H and O–H groups in total. The van der Waals surface area contributed by atoms with Crippen molar-refractivity contribution in [1.82, 2.24) is 0 Å². The first kappa shape index (κ1) is 12.8. The van der Waals surface area contributed by atoms with Crippen molar-refractivity contribution in [2.75, 3.05) is 25.1 Å². The molecule has 1 fully saturated rings. The lowest BCUT2D eigenvalue weighted by Gasteiger charge is -2.22. The lowest BCUT2D eigenvalue weighted by Crippen LogP contribution is -2.22. The van der Waals surface area contributed by atoms with Crippen LogP contribution in [0.3, 0.4) is 0 Å². The Labute approximate surface area is 104 Å². The van der Waals surface area contributed by atoms with Crippen molar-refractivity contribution in [3.05, 3.63) is 34.1 Å². The van der Waals surface area contributed by atoms with Gasteiger partial charge in [0.15, 0.2) is 5.82 Å². The number of hydrogen-bond donors (Lipinski definition) is 1. The molecule has 0 atom stereocenters. The van der Waals surface area contributed by atoms with Crippen molar-refractivity contribution in [2.45, 2.75) is 12.8 Å². The van der Waals surface area contributed by atoms with Gasteiger partial charge in [-0.25, -0.2) is 4.39 Å². The van der Waals surface area contributed by atoms with Crippen LogP contribution in [0.25, 0.3) is 0 Å². The molecule has 6 heteroatoms. The molecule has 5 nitrogen and oxygen atoms in total. The van der Waals surface area contributed by atoms with Crippen LogP contribution in [0.5, 0.6) is 0 Å². The second-order valence-corrected chi connectivity index (χ2v) is 4.36. The highest BCUT2D eigenvalue weighted by molar-refractivity contribution is 5.50. The highest BCUT2D eigenvalue weighted by Crippen LogP contribution is 2.22. The summed E-state index contributed by atoms with van der Waals surface area (Å²) in [5, 5.41) is 13.5. The van der Waals surface area contributed by atoms with E-state index in [1.165, 1.54) is 12.1 Å². The number of rotatable bonds is 4. The molecule has 1 aromatic carbocycles. The van der Waals surface area contributed by atoms with E-state index >= 15 is 0 Å². The van der Waals surface area contributed by atoms with Crippen molar-refractivity contribution in [1.29, 1.82) is 0 Å². The number of hydrogen-bond acceptors (Lipinski definition) is 4. The van der Waals surface area contributed by atoms with Gasteiger partial charge in [0.05, 0.1) is 16.7 Å². The van der Waals surface area contributed by atoms with E-state index in [2.05, 4.69) is 5.32 Å². The first-order chi connectivity index (χ1) is 8.66. The summed E-state index contributed by atoms with van der Waals surface area (Å²) in [6, 6.07) is 3.65. The van der Waals surface area contributed by atoms with Crippen LogP contribution in [0, 0.1) is 21.8 Å². The first-order valence-corrected chi connectivity index (χ1v) is 5.92. The number of nitro groups is 1. The molecular weight excluding hydrogens is 239 g/mol. The SMILES string of the molecule is O=[N+]([O-])c1ccc(NCC2CCOCC2)c(F)c1. The van der Waals surface area contributed by atoms with Gasteiger partial charge >= 0.3 is 0 Å². The molecule has 18 heavy (non-hydrogen) atoms. The fraction of sp³-hybridized carbons (Fsp3) is 0.500. The Bertz CT molecular complexity index is 433. The van der Waals surface area contributed by atoms with Gasteiger partial charge in [0.2, 0.25) is 0 Å². The zero-order valence-corrected chi connectivity index (χ0v) is 9.89. The summed E-state index contributed by atoms with van der Waals surface area (Å²) in [5.41, 5.74) is 0.0798. The Hall–Kier alpha value is -1.69. The predicted octanol–water partition coefficient (Wildman–Crippen LogP) is 2.57. The number of halogens is 1. The monoisotopic (exact) mass is 254 g/mol. The third-order valence-corrected chi connectivity index (χ3v) is 3.09. The van der Waals surface area contributed by atoms with Crippen LogP contribution in [-0.4, -0.2) is 24.7 Å². The summed E-state index contributed by atoms with van der Waals surface area (Å²) in [6.07, 6.45) is 1.92. The molecule has 1 heterocycles. The van der Waals surface area contributed by atoms with E-state index in [1.54, 1.807) is 0 Å². The summed E-state index contributed by atoms with van der Waals surface area (Å²) >= 11 is 0. The van der Waals surface area contributed by atoms with Gasteiger partial charge in [-0.15, -0.1) is 0 Å². The molecule has 1 aliphatic rings. The van der Waals surface area contributed by atoms with Gasteiger partial charge in [0.25, 0.3) is 5.69 Å². The van der Waals surface area contributed by atoms with Gasteiger partial charge in [-0.05, 0) is 24.8 Å². The second-order valence-electron chi connectivity index (χ2n) is 4.36. The third kappa shape index (κ3) is 3.16. The van der Waals surface area contributed by atoms with E-state index < -0.39 is 10.7 Å². The maximum Gasteiger partial charge on any atom is 0.272 e. The van der Waals surface area contributed by atoms with E-state index in [-0.39, 0.29) is 5.69 Å². The molecule has 2 rings (SSSR count). The van der Waals surface area contributed by atoms with Gasteiger partial charge in [0, 0.05) is 25.8 Å². The number of benzene rings is 1. The average Bonchev–Trinajstić information content (AvgIpc) is 2.38. The summed E-state index contributed by atoms with van der Waals surface area (Å²) in [7, 11) is 0. The molecule has 1 aromatic rings. The molecule has 0 saturated carbocycles. The van der Waals surface area contributed by atoms with Crippen LogP contribution in [0.2, 0.25) is 0 Å². The predicted molar refractivity (Wildman–Crippen MR) is 65.1 cm³/mol. The Balaban J connectivity index is 1.94. The lowest BCUT2D eigenvalue weighted by molar-refractivity contribution is -0.385. The number of anilines is 1. The molecular formula is C12H15FN2O3. The minimum atomic E-state index is -0.606. The molecule has 0 aliphatic carbocycles. The molecule has 98 valence electrons. The topological polar surface area (TPSA) is 64.4 Å². The van der Waals surface area contributed by atoms with Crippen LogP contribution in [0.1, 0.15) is 12.8 Å². The first-order valence-electron chi connectivity index (χ1n) is 5.92. The number of nitrogens with one attached hydrogen (secondary N) is 1. The summed E-state index contributed by atoms with van der Waals surface area (Å²) in [4.78, 5) is 9.87. The van der Waals surface area contributed by atoms with E-state index in [0.717, 1.165) is 32.1 Å². The largest absolute Gasteiger partial charge is 0.382 e. The van der Waals surface area contributed by atoms with E-state index in [4.69, 9.17) is 4.74 Å². The molecule has 0 bridgehead atoms. The van der Waals surface area contributed by atoms with Gasteiger partial charge in [0.1, 0.15) is 0 Å². The van der Waals surface area contributed by atoms with Crippen molar-refractivity contribution < 1.29 is 14.1 Å². The maximum absolute atomic E-state index is 13.6. The van der Waals surface area contributed by atoms with Crippen LogP contribution >= 0.6 is 0 Å². The fourth-order valence-corrected chi connectivity index (χ4v) is 1.97. The van der Waals surface area contributed by atoms with Crippen molar-refractivity contribution in [3.63, 3.8) is 0 Å². The van der Waals surface area contributed by atoms with Crippen LogP contribution in [0.15, 0.2) is 18.2 Å². The molecule has 0 spiro atoms. The minimum Gasteiger partial charge on any atom is -0.382 e. The number of nitro benzene ring substituents is 1. The van der Waals surface area contributed by atoms with Crippen molar-refractivity contribution in [2.24, 2.45) is 5.92 Å². The number of ether oxygens (including phenoxy) is 1. The smallest absolute Gasteiger partial charge is 0.272 e. The second kappa shape index (κ2) is 5.77. The van der Waals surface area contributed by atoms with E-state index in [1.807, 2.05) is 0 Å². The van der Waals surface area contributed by atoms with Crippen molar-refractivity contribution >= 4 is 11.4 Å². The zero-order valence-electron chi connectivity index (χ0n) is 9.89. The lowest BCUT2D eigenvalue weighted by atomic mass is 10.0. The summed E-state index contributed by atoms with van der Waals surface area (Å²) < 4.78 is 18.8. The third-order valence-electron chi connectivity index (χ3n) is 3.09. The Morgan fingerprint density at radius 1 is 1.44 bits per heavy atom. The number of non-ortho nitro benzene ring substituents is 1. The standard InChI is InChI=1S/C12H15FN2O3/c13-11-7-10(15(16)17)1-2-12(11)14-8-9-3-5-18-6-4-9/h1-2,7,9,14H,3-6,8H2. The average molecular weight is 254 g/mol. The van der Waals surface area contributed by atoms with Gasteiger partial charge in [-0.2, -0.15) is 0 Å². The van der Waals surface area contributed by atoms with Crippen LogP contribution in [0.4, 0.5) is 15.8 Å². The summed E-state index contributed by atoms with van der Waals surface area (Å²) in [5.74, 6) is -0.121. The van der Waals surface area contributed by atoms with Gasteiger partial charge in [-0.3, -0.25) is 10.1 Å². The highest BCUT2D eigenvalue weighted by atomic mass is 19.1. The Kier molecular flexibility index (Phi) is 4.09. The van der Waals surface area contributed by atoms with Crippen LogP contribution in [-0.2, 0) is 4.74 Å². The Morgan fingerprint density at radius 2 is 2.17 bits per heavy atom. The molecule has 0 unspecified atom stereocenters.